The van der Waals surface area contributed by atoms with Crippen molar-refractivity contribution in [1.29, 1.82) is 0 Å². The molecule has 1 N–H and O–H groups in total. The molecule has 0 heterocycles. The summed E-state index contributed by atoms with van der Waals surface area (Å²) in [7, 11) is -4.80. The Bertz CT molecular complexity index is 2000. The number of rotatable bonds is 16. The molecule has 0 aromatic heterocycles. The zero-order valence-electron chi connectivity index (χ0n) is 27.6. The lowest BCUT2D eigenvalue weighted by Gasteiger charge is -2.33. The lowest BCUT2D eigenvalue weighted by atomic mass is 10.0. The first-order chi connectivity index (χ1) is 24.7. The topological polar surface area (TPSA) is 145 Å². The predicted molar refractivity (Wildman–Crippen MR) is 191 cm³/mol. The van der Waals surface area contributed by atoms with Crippen LogP contribution < -0.4 is 5.32 Å². The number of nitrogens with zero attached hydrogens (tertiary/aromatic N) is 2. The van der Waals surface area contributed by atoms with E-state index in [0.717, 1.165) is 27.6 Å². The summed E-state index contributed by atoms with van der Waals surface area (Å²) < 4.78 is 41.6. The quantitative estimate of drug-likeness (QED) is 0.0697. The molecule has 0 bridgehead atoms. The van der Waals surface area contributed by atoms with Gasteiger partial charge in [0.25, 0.3) is 15.7 Å². The summed E-state index contributed by atoms with van der Waals surface area (Å²) in [6.07, 6.45) is -0.791. The molecular weight excluding hydrogens is 671 g/mol. The largest absolute Gasteiger partial charge is 0.460 e. The number of carbonyl (C=O) groups excluding carboxylic acids is 2. The highest BCUT2D eigenvalue weighted by atomic mass is 32.2. The van der Waals surface area contributed by atoms with Gasteiger partial charge in [0.05, 0.1) is 11.0 Å². The monoisotopic (exact) mass is 707 g/mol. The number of esters is 1. The van der Waals surface area contributed by atoms with E-state index in [1.807, 2.05) is 42.5 Å². The average Bonchev–Trinajstić information content (AvgIpc) is 3.16. The van der Waals surface area contributed by atoms with Crippen LogP contribution in [-0.4, -0.2) is 48.3 Å². The molecule has 12 heteroatoms. The van der Waals surface area contributed by atoms with Crippen molar-refractivity contribution in [3.05, 3.63) is 178 Å². The second kappa shape index (κ2) is 17.7. The van der Waals surface area contributed by atoms with Crippen molar-refractivity contribution in [3.63, 3.8) is 0 Å². The van der Waals surface area contributed by atoms with Crippen molar-refractivity contribution >= 4 is 27.8 Å². The van der Waals surface area contributed by atoms with Gasteiger partial charge in [-0.2, -0.15) is 4.31 Å². The van der Waals surface area contributed by atoms with Crippen molar-refractivity contribution in [2.45, 2.75) is 43.0 Å². The van der Waals surface area contributed by atoms with Crippen LogP contribution in [0, 0.1) is 10.1 Å². The molecule has 5 rings (SSSR count). The first kappa shape index (κ1) is 36.4. The molecule has 0 spiro atoms. The van der Waals surface area contributed by atoms with Crippen LogP contribution >= 0.6 is 0 Å². The van der Waals surface area contributed by atoms with E-state index in [1.54, 1.807) is 78.9 Å². The molecule has 0 unspecified atom stereocenters. The molecule has 0 saturated heterocycles. The van der Waals surface area contributed by atoms with Crippen LogP contribution in [0.4, 0.5) is 10.5 Å². The summed E-state index contributed by atoms with van der Waals surface area (Å²) in [5, 5.41) is 14.9. The second-order valence-corrected chi connectivity index (χ2v) is 13.6. The fourth-order valence-electron chi connectivity index (χ4n) is 5.52. The third kappa shape index (κ3) is 10.3. The summed E-state index contributed by atoms with van der Waals surface area (Å²) in [5.74, 6) is -0.866. The van der Waals surface area contributed by atoms with E-state index >= 15 is 0 Å². The zero-order chi connectivity index (χ0) is 36.1. The number of nitrogens with one attached hydrogen (secondary N) is 1. The number of nitro benzene ring substituents is 1. The number of alkyl carbamates (subject to hydrolysis) is 1. The van der Waals surface area contributed by atoms with Crippen molar-refractivity contribution < 1.29 is 32.4 Å². The summed E-state index contributed by atoms with van der Waals surface area (Å²) in [6, 6.07) is 38.3. The maximum Gasteiger partial charge on any atom is 0.407 e. The number of amides is 1. The standard InChI is InChI=1S/C39H37N3O8S/c43-38(49-28-32-19-9-3-10-20-32)36(26-31-17-7-2-8-18-31)41(51(47,48)37-24-14-13-23-35(37)42(45)46)27-34(25-30-15-5-1-6-16-30)40-39(44)50-29-33-21-11-4-12-22-33/h1-24,34,36H,25-29H2,(H,40,44)/t34-,36+/m1/s1. The third-order valence-electron chi connectivity index (χ3n) is 8.02. The normalized spacial score (nSPS) is 12.4. The molecule has 1 amide bonds. The van der Waals surface area contributed by atoms with Gasteiger partial charge in [0.1, 0.15) is 19.3 Å². The number of para-hydroxylation sites is 1. The third-order valence-corrected chi connectivity index (χ3v) is 9.95. The Morgan fingerprint density at radius 2 is 1.10 bits per heavy atom. The Morgan fingerprint density at radius 3 is 1.63 bits per heavy atom. The fourth-order valence-corrected chi connectivity index (χ4v) is 7.30. The minimum Gasteiger partial charge on any atom is -0.460 e. The van der Waals surface area contributed by atoms with E-state index < -0.39 is 56.2 Å². The van der Waals surface area contributed by atoms with Crippen molar-refractivity contribution in [2.24, 2.45) is 0 Å². The number of hydrogen-bond acceptors (Lipinski definition) is 8. The van der Waals surface area contributed by atoms with E-state index in [9.17, 15) is 28.1 Å². The number of hydrogen-bond donors (Lipinski definition) is 1. The smallest absolute Gasteiger partial charge is 0.407 e. The van der Waals surface area contributed by atoms with Gasteiger partial charge in [0, 0.05) is 12.6 Å². The molecule has 5 aromatic carbocycles. The predicted octanol–water partition coefficient (Wildman–Crippen LogP) is 6.48. The van der Waals surface area contributed by atoms with Crippen molar-refractivity contribution in [3.8, 4) is 0 Å². The maximum atomic E-state index is 14.7. The molecule has 0 aliphatic carbocycles. The van der Waals surface area contributed by atoms with E-state index in [1.165, 1.54) is 12.1 Å². The molecular formula is C39H37N3O8S. The number of benzene rings is 5. The molecule has 0 saturated carbocycles. The average molecular weight is 708 g/mol. The zero-order valence-corrected chi connectivity index (χ0v) is 28.4. The molecule has 5 aromatic rings. The number of carbonyl (C=O) groups is 2. The van der Waals surface area contributed by atoms with Crippen LogP contribution in [0.3, 0.4) is 0 Å². The first-order valence-electron chi connectivity index (χ1n) is 16.2. The lowest BCUT2D eigenvalue weighted by Crippen LogP contribution is -2.53. The van der Waals surface area contributed by atoms with Gasteiger partial charge in [-0.25, -0.2) is 13.2 Å². The van der Waals surface area contributed by atoms with Gasteiger partial charge in [0.2, 0.25) is 0 Å². The Kier molecular flexibility index (Phi) is 12.6. The number of ether oxygens (including phenoxy) is 2. The lowest BCUT2D eigenvalue weighted by molar-refractivity contribution is -0.387. The highest BCUT2D eigenvalue weighted by Gasteiger charge is 2.41. The van der Waals surface area contributed by atoms with E-state index in [-0.39, 0.29) is 26.1 Å². The molecule has 0 aliphatic rings. The summed E-state index contributed by atoms with van der Waals surface area (Å²) in [6.45, 7) is -0.630. The summed E-state index contributed by atoms with van der Waals surface area (Å²) >= 11 is 0. The van der Waals surface area contributed by atoms with E-state index in [0.29, 0.717) is 11.1 Å². The Hall–Kier alpha value is -5.85. The van der Waals surface area contributed by atoms with Crippen molar-refractivity contribution in [2.75, 3.05) is 6.54 Å². The molecule has 262 valence electrons. The van der Waals surface area contributed by atoms with Gasteiger partial charge in [-0.3, -0.25) is 14.9 Å². The van der Waals surface area contributed by atoms with Crippen LogP contribution in [-0.2, 0) is 50.3 Å². The Balaban J connectivity index is 1.56. The highest BCUT2D eigenvalue weighted by Crippen LogP contribution is 2.29. The molecule has 0 radical (unpaired) electrons. The van der Waals surface area contributed by atoms with Crippen molar-refractivity contribution in [1.82, 2.24) is 9.62 Å². The highest BCUT2D eigenvalue weighted by molar-refractivity contribution is 7.89. The molecule has 51 heavy (non-hydrogen) atoms. The maximum absolute atomic E-state index is 14.7. The number of nitro groups is 1. The van der Waals surface area contributed by atoms with Crippen LogP contribution in [0.25, 0.3) is 0 Å². The van der Waals surface area contributed by atoms with E-state index in [4.69, 9.17) is 9.47 Å². The molecule has 0 aliphatic heterocycles. The van der Waals surface area contributed by atoms with Crippen LogP contribution in [0.5, 0.6) is 0 Å². The molecule has 11 nitrogen and oxygen atoms in total. The molecule has 2 atom stereocenters. The van der Waals surface area contributed by atoms with E-state index in [2.05, 4.69) is 5.32 Å². The Morgan fingerprint density at radius 1 is 0.647 bits per heavy atom. The minimum absolute atomic E-state index is 0.0363. The van der Waals surface area contributed by atoms with Gasteiger partial charge < -0.3 is 14.8 Å². The first-order valence-corrected chi connectivity index (χ1v) is 17.7. The fraction of sp³-hybridized carbons (Fsp3) is 0.179. The summed E-state index contributed by atoms with van der Waals surface area (Å²) in [4.78, 5) is 38.1. The SMILES string of the molecule is O=C(N[C@H](Cc1ccccc1)CN([C@@H](Cc1ccccc1)C(=O)OCc1ccccc1)S(=O)(=O)c1ccccc1[N+](=O)[O-])OCc1ccccc1. The minimum atomic E-state index is -4.80. The van der Waals surface area contributed by atoms with Gasteiger partial charge in [-0.15, -0.1) is 0 Å². The second-order valence-electron chi connectivity index (χ2n) is 11.7. The summed E-state index contributed by atoms with van der Waals surface area (Å²) in [5.41, 5.74) is 2.16. The van der Waals surface area contributed by atoms with Crippen LogP contribution in [0.2, 0.25) is 0 Å². The van der Waals surface area contributed by atoms with Gasteiger partial charge in [-0.1, -0.05) is 133 Å². The van der Waals surface area contributed by atoms with Gasteiger partial charge in [-0.05, 0) is 41.2 Å². The number of sulfonamides is 1. The molecule has 0 fully saturated rings. The van der Waals surface area contributed by atoms with Gasteiger partial charge >= 0.3 is 12.1 Å². The Labute approximate surface area is 296 Å². The van der Waals surface area contributed by atoms with Crippen LogP contribution in [0.1, 0.15) is 22.3 Å². The van der Waals surface area contributed by atoms with Gasteiger partial charge in [0.15, 0.2) is 4.90 Å². The van der Waals surface area contributed by atoms with Crippen LogP contribution in [0.15, 0.2) is 150 Å².